The largest absolute Gasteiger partial charge is 0.343 e. The van der Waals surface area contributed by atoms with E-state index in [0.717, 1.165) is 31.6 Å². The Labute approximate surface area is 183 Å². The van der Waals surface area contributed by atoms with Crippen LogP contribution in [0.4, 0.5) is 0 Å². The minimum atomic E-state index is -0.167. The molecule has 0 aliphatic carbocycles. The first-order valence-electron chi connectivity index (χ1n) is 10.3. The first-order valence-corrected chi connectivity index (χ1v) is 11.6. The number of halogens is 1. The molecule has 1 unspecified atom stereocenters. The molecule has 0 saturated carbocycles. The second kappa shape index (κ2) is 8.07. The summed E-state index contributed by atoms with van der Waals surface area (Å²) < 4.78 is 3.33. The second-order valence-electron chi connectivity index (χ2n) is 7.81. The third-order valence-corrected chi connectivity index (χ3v) is 7.13. The van der Waals surface area contributed by atoms with Crippen molar-refractivity contribution in [2.75, 3.05) is 18.8 Å². The third kappa shape index (κ3) is 3.52. The van der Waals surface area contributed by atoms with E-state index < -0.39 is 0 Å². The van der Waals surface area contributed by atoms with Gasteiger partial charge in [-0.25, -0.2) is 9.67 Å². The summed E-state index contributed by atoms with van der Waals surface area (Å²) in [6.07, 6.45) is 6.39. The molecule has 0 bridgehead atoms. The Morgan fingerprint density at radius 3 is 2.77 bits per heavy atom. The van der Waals surface area contributed by atoms with E-state index >= 15 is 0 Å². The van der Waals surface area contributed by atoms with Crippen LogP contribution in [-0.2, 0) is 4.79 Å². The van der Waals surface area contributed by atoms with Gasteiger partial charge < -0.3 is 4.90 Å². The van der Waals surface area contributed by atoms with Crippen LogP contribution in [0.15, 0.2) is 40.4 Å². The molecule has 1 saturated heterocycles. The summed E-state index contributed by atoms with van der Waals surface area (Å²) in [6.45, 7) is 1.65. The number of thioether (sulfide) groups is 1. The molecule has 1 fully saturated rings. The molecule has 4 heterocycles. The number of benzene rings is 1. The van der Waals surface area contributed by atoms with Gasteiger partial charge in [-0.2, -0.15) is 5.10 Å². The molecule has 1 aromatic carbocycles. The zero-order chi connectivity index (χ0) is 20.7. The number of likely N-dealkylation sites (tertiary alicyclic amines) is 1. The number of carbonyl (C=O) groups is 1. The molecule has 1 amide bonds. The Morgan fingerprint density at radius 1 is 1.20 bits per heavy atom. The van der Waals surface area contributed by atoms with E-state index in [4.69, 9.17) is 16.6 Å². The zero-order valence-electron chi connectivity index (χ0n) is 16.5. The van der Waals surface area contributed by atoms with Crippen molar-refractivity contribution in [1.29, 1.82) is 0 Å². The minimum absolute atomic E-state index is 0.136. The van der Waals surface area contributed by atoms with Crippen LogP contribution >= 0.6 is 23.4 Å². The lowest BCUT2D eigenvalue weighted by Crippen LogP contribution is -2.35. The zero-order valence-corrected chi connectivity index (χ0v) is 18.0. The van der Waals surface area contributed by atoms with E-state index in [2.05, 4.69) is 5.10 Å². The topological polar surface area (TPSA) is 73.0 Å². The van der Waals surface area contributed by atoms with E-state index in [-0.39, 0.29) is 17.5 Å². The molecule has 9 heteroatoms. The fourth-order valence-corrected chi connectivity index (χ4v) is 5.54. The van der Waals surface area contributed by atoms with Crippen LogP contribution in [0, 0.1) is 0 Å². The van der Waals surface area contributed by atoms with Crippen LogP contribution < -0.4 is 5.56 Å². The molecule has 0 spiro atoms. The van der Waals surface area contributed by atoms with Gasteiger partial charge in [0, 0.05) is 30.3 Å². The average molecular weight is 444 g/mol. The molecule has 0 N–H and O–H groups in total. The fraction of sp³-hybridized carbons (Fsp3) is 0.429. The quantitative estimate of drug-likeness (QED) is 0.577. The molecule has 30 heavy (non-hydrogen) atoms. The van der Waals surface area contributed by atoms with Crippen molar-refractivity contribution >= 4 is 40.3 Å². The highest BCUT2D eigenvalue weighted by Gasteiger charge is 2.31. The number of hydrogen-bond acceptors (Lipinski definition) is 5. The number of aromatic nitrogens is 4. The summed E-state index contributed by atoms with van der Waals surface area (Å²) in [4.78, 5) is 32.8. The van der Waals surface area contributed by atoms with Crippen LogP contribution in [0.3, 0.4) is 0 Å². The van der Waals surface area contributed by atoms with Crippen molar-refractivity contribution in [3.8, 4) is 5.69 Å². The highest BCUT2D eigenvalue weighted by atomic mass is 35.5. The van der Waals surface area contributed by atoms with Crippen molar-refractivity contribution in [3.05, 3.63) is 45.8 Å². The van der Waals surface area contributed by atoms with Crippen molar-refractivity contribution < 1.29 is 4.79 Å². The molecular formula is C21H22ClN5O2S. The van der Waals surface area contributed by atoms with Crippen LogP contribution in [0.25, 0.3) is 16.7 Å². The lowest BCUT2D eigenvalue weighted by atomic mass is 10.2. The normalized spacial score (nSPS) is 19.1. The summed E-state index contributed by atoms with van der Waals surface area (Å²) >= 11 is 7.63. The molecule has 2 aliphatic rings. The predicted octanol–water partition coefficient (Wildman–Crippen LogP) is 3.68. The van der Waals surface area contributed by atoms with Gasteiger partial charge in [0.1, 0.15) is 5.39 Å². The molecule has 1 atom stereocenters. The molecule has 3 aromatic rings. The van der Waals surface area contributed by atoms with Crippen LogP contribution in [-0.4, -0.2) is 49.0 Å². The van der Waals surface area contributed by atoms with Crippen LogP contribution in [0.5, 0.6) is 0 Å². The lowest BCUT2D eigenvalue weighted by Gasteiger charge is -2.22. The highest BCUT2D eigenvalue weighted by Crippen LogP contribution is 2.34. The maximum Gasteiger partial charge on any atom is 0.265 e. The predicted molar refractivity (Wildman–Crippen MR) is 118 cm³/mol. The van der Waals surface area contributed by atoms with Gasteiger partial charge >= 0.3 is 0 Å². The minimum Gasteiger partial charge on any atom is -0.343 e. The van der Waals surface area contributed by atoms with E-state index in [0.29, 0.717) is 33.4 Å². The highest BCUT2D eigenvalue weighted by molar-refractivity contribution is 7.99. The summed E-state index contributed by atoms with van der Waals surface area (Å²) in [7, 11) is 0. The molecule has 156 valence electrons. The second-order valence-corrected chi connectivity index (χ2v) is 9.23. The lowest BCUT2D eigenvalue weighted by molar-refractivity contribution is -0.131. The summed E-state index contributed by atoms with van der Waals surface area (Å²) in [5, 5.41) is 6.06. The van der Waals surface area contributed by atoms with Gasteiger partial charge in [0.05, 0.1) is 17.9 Å². The average Bonchev–Trinajstić information content (AvgIpc) is 3.23. The molecule has 0 radical (unpaired) electrons. The van der Waals surface area contributed by atoms with E-state index in [1.165, 1.54) is 24.6 Å². The number of fused-ring (bicyclic) bond motifs is 2. The first-order chi connectivity index (χ1) is 14.6. The Hall–Kier alpha value is -2.32. The van der Waals surface area contributed by atoms with Gasteiger partial charge in [0.25, 0.3) is 5.56 Å². The first kappa shape index (κ1) is 19.6. The SMILES string of the molecule is O=C(CC1CSc2nc3c(cnn3-c3cccc(Cl)c3)c(=O)n21)N1CCCCCC1. The van der Waals surface area contributed by atoms with E-state index in [1.54, 1.807) is 27.6 Å². The Morgan fingerprint density at radius 2 is 2.00 bits per heavy atom. The van der Waals surface area contributed by atoms with E-state index in [9.17, 15) is 9.59 Å². The van der Waals surface area contributed by atoms with Gasteiger partial charge in [0.2, 0.25) is 5.91 Å². The van der Waals surface area contributed by atoms with E-state index in [1.807, 2.05) is 17.0 Å². The third-order valence-electron chi connectivity index (χ3n) is 5.79. The van der Waals surface area contributed by atoms with Crippen LogP contribution in [0.1, 0.15) is 38.1 Å². The Kier molecular flexibility index (Phi) is 5.28. The van der Waals surface area contributed by atoms with Gasteiger partial charge in [-0.05, 0) is 31.0 Å². The van der Waals surface area contributed by atoms with Crippen molar-refractivity contribution in [3.63, 3.8) is 0 Å². The van der Waals surface area contributed by atoms with Crippen molar-refractivity contribution in [2.24, 2.45) is 0 Å². The summed E-state index contributed by atoms with van der Waals surface area (Å²) in [5.41, 5.74) is 1.13. The number of nitrogens with zero attached hydrogens (tertiary/aromatic N) is 5. The summed E-state index contributed by atoms with van der Waals surface area (Å²) in [6, 6.07) is 7.12. The summed E-state index contributed by atoms with van der Waals surface area (Å²) in [5.74, 6) is 0.816. The molecule has 2 aromatic heterocycles. The molecular weight excluding hydrogens is 422 g/mol. The maximum absolute atomic E-state index is 13.3. The van der Waals surface area contributed by atoms with Gasteiger partial charge in [0.15, 0.2) is 10.8 Å². The van der Waals surface area contributed by atoms with Gasteiger partial charge in [-0.1, -0.05) is 42.3 Å². The Bertz CT molecular complexity index is 1170. The van der Waals surface area contributed by atoms with Crippen LogP contribution in [0.2, 0.25) is 5.02 Å². The monoisotopic (exact) mass is 443 g/mol. The number of hydrogen-bond donors (Lipinski definition) is 0. The van der Waals surface area contributed by atoms with Gasteiger partial charge in [-0.15, -0.1) is 0 Å². The standard InChI is InChI=1S/C21H22ClN5O2S/c22-14-6-5-7-15(10-14)27-19-17(12-23-27)20(29)26-16(13-30-21(26)24-19)11-18(28)25-8-3-1-2-4-9-25/h5-7,10,12,16H,1-4,8-9,11,13H2. The van der Waals surface area contributed by atoms with Gasteiger partial charge in [-0.3, -0.25) is 14.2 Å². The molecule has 2 aliphatic heterocycles. The van der Waals surface area contributed by atoms with Crippen molar-refractivity contribution in [1.82, 2.24) is 24.2 Å². The fourth-order valence-electron chi connectivity index (χ4n) is 4.23. The Balaban J connectivity index is 1.47. The smallest absolute Gasteiger partial charge is 0.265 e. The molecule has 7 nitrogen and oxygen atoms in total. The van der Waals surface area contributed by atoms with Crippen molar-refractivity contribution in [2.45, 2.75) is 43.3 Å². The number of rotatable bonds is 3. The number of carbonyl (C=O) groups excluding carboxylic acids is 1. The molecule has 5 rings (SSSR count). The number of amides is 1. The maximum atomic E-state index is 13.3.